The number of halogens is 1. The van der Waals surface area contributed by atoms with Crippen LogP contribution in [0.25, 0.3) is 0 Å². The molecule has 4 nitrogen and oxygen atoms in total. The van der Waals surface area contributed by atoms with Crippen LogP contribution in [0.3, 0.4) is 0 Å². The molecule has 1 fully saturated rings. The van der Waals surface area contributed by atoms with E-state index in [2.05, 4.69) is 50.0 Å². The maximum absolute atomic E-state index is 4.39. The summed E-state index contributed by atoms with van der Waals surface area (Å²) < 4.78 is 1.23. The highest BCUT2D eigenvalue weighted by molar-refractivity contribution is 9.10. The predicted molar refractivity (Wildman–Crippen MR) is 78.0 cm³/mol. The van der Waals surface area contributed by atoms with Gasteiger partial charge in [0.2, 0.25) is 0 Å². The average molecular weight is 317 g/mol. The van der Waals surface area contributed by atoms with E-state index in [1.807, 2.05) is 18.8 Å². The summed E-state index contributed by atoms with van der Waals surface area (Å²) in [7, 11) is 1.87. The van der Waals surface area contributed by atoms with Crippen LogP contribution >= 0.6 is 27.7 Å². The first kappa shape index (κ1) is 13.0. The maximum atomic E-state index is 4.39. The van der Waals surface area contributed by atoms with E-state index in [-0.39, 0.29) is 4.75 Å². The Morgan fingerprint density at radius 1 is 1.47 bits per heavy atom. The Balaban J connectivity index is 2.28. The van der Waals surface area contributed by atoms with E-state index in [1.165, 1.54) is 0 Å². The van der Waals surface area contributed by atoms with Gasteiger partial charge < -0.3 is 10.2 Å². The Bertz CT molecular complexity index is 410. The van der Waals surface area contributed by atoms with Gasteiger partial charge in [-0.1, -0.05) is 0 Å². The highest BCUT2D eigenvalue weighted by atomic mass is 79.9. The first-order valence-corrected chi connectivity index (χ1v) is 7.38. The molecule has 1 saturated heterocycles. The molecule has 0 unspecified atom stereocenters. The molecule has 1 aromatic heterocycles. The first-order valence-electron chi connectivity index (χ1n) is 5.61. The Morgan fingerprint density at radius 2 is 2.24 bits per heavy atom. The Labute approximate surface area is 115 Å². The number of aromatic nitrogens is 2. The fourth-order valence-electron chi connectivity index (χ4n) is 1.95. The smallest absolute Gasteiger partial charge is 0.148 e. The number of rotatable bonds is 2. The van der Waals surface area contributed by atoms with Crippen molar-refractivity contribution in [3.8, 4) is 0 Å². The van der Waals surface area contributed by atoms with Crippen molar-refractivity contribution in [2.24, 2.45) is 0 Å². The molecule has 1 aliphatic rings. The topological polar surface area (TPSA) is 41.1 Å². The SMILES string of the molecule is CNc1ncnc(N2CCSC(C)(C)C2)c1Br. The highest BCUT2D eigenvalue weighted by Gasteiger charge is 2.29. The summed E-state index contributed by atoms with van der Waals surface area (Å²) in [5.74, 6) is 2.96. The second-order valence-corrected chi connectivity index (χ2v) is 7.23. The molecule has 17 heavy (non-hydrogen) atoms. The summed E-state index contributed by atoms with van der Waals surface area (Å²) in [6, 6.07) is 0. The van der Waals surface area contributed by atoms with E-state index < -0.39 is 0 Å². The van der Waals surface area contributed by atoms with Crippen LogP contribution in [0.15, 0.2) is 10.8 Å². The molecule has 0 atom stereocenters. The first-order chi connectivity index (χ1) is 8.03. The minimum absolute atomic E-state index is 0.280. The minimum Gasteiger partial charge on any atom is -0.372 e. The third-order valence-corrected chi connectivity index (χ3v) is 4.76. The van der Waals surface area contributed by atoms with Crippen molar-refractivity contribution in [1.29, 1.82) is 0 Å². The van der Waals surface area contributed by atoms with Crippen molar-refractivity contribution in [3.05, 3.63) is 10.8 Å². The van der Waals surface area contributed by atoms with Crippen molar-refractivity contribution in [2.45, 2.75) is 18.6 Å². The Morgan fingerprint density at radius 3 is 2.88 bits per heavy atom. The number of nitrogens with zero attached hydrogens (tertiary/aromatic N) is 3. The van der Waals surface area contributed by atoms with Crippen molar-refractivity contribution >= 4 is 39.3 Å². The lowest BCUT2D eigenvalue weighted by molar-refractivity contribution is 0.641. The Hall–Kier alpha value is -0.490. The van der Waals surface area contributed by atoms with Gasteiger partial charge in [0.25, 0.3) is 0 Å². The average Bonchev–Trinajstić information content (AvgIpc) is 2.28. The summed E-state index contributed by atoms with van der Waals surface area (Å²) >= 11 is 5.60. The van der Waals surface area contributed by atoms with Gasteiger partial charge in [-0.05, 0) is 29.8 Å². The quantitative estimate of drug-likeness (QED) is 0.908. The van der Waals surface area contributed by atoms with Crippen molar-refractivity contribution in [2.75, 3.05) is 36.1 Å². The number of hydrogen-bond acceptors (Lipinski definition) is 5. The van der Waals surface area contributed by atoms with Gasteiger partial charge in [-0.2, -0.15) is 11.8 Å². The van der Waals surface area contributed by atoms with E-state index in [1.54, 1.807) is 6.33 Å². The van der Waals surface area contributed by atoms with Crippen LogP contribution in [0, 0.1) is 0 Å². The maximum Gasteiger partial charge on any atom is 0.148 e. The van der Waals surface area contributed by atoms with Crippen LogP contribution in [0.4, 0.5) is 11.6 Å². The molecule has 0 saturated carbocycles. The predicted octanol–water partition coefficient (Wildman–Crippen LogP) is 2.61. The molecule has 2 rings (SSSR count). The molecule has 0 aromatic carbocycles. The molecule has 0 spiro atoms. The fourth-order valence-corrected chi connectivity index (χ4v) is 3.72. The van der Waals surface area contributed by atoms with Crippen molar-refractivity contribution < 1.29 is 0 Å². The molecule has 0 bridgehead atoms. The summed E-state index contributed by atoms with van der Waals surface area (Å²) in [6.45, 7) is 6.60. The zero-order chi connectivity index (χ0) is 12.5. The number of anilines is 2. The second-order valence-electron chi connectivity index (χ2n) is 4.64. The number of thioether (sulfide) groups is 1. The summed E-state index contributed by atoms with van der Waals surface area (Å²) in [5, 5.41) is 3.07. The van der Waals surface area contributed by atoms with E-state index in [4.69, 9.17) is 0 Å². The monoisotopic (exact) mass is 316 g/mol. The van der Waals surface area contributed by atoms with Gasteiger partial charge in [0.1, 0.15) is 22.4 Å². The molecule has 0 radical (unpaired) electrons. The molecular formula is C11H17BrN4S. The van der Waals surface area contributed by atoms with Gasteiger partial charge in [0.15, 0.2) is 0 Å². The van der Waals surface area contributed by atoms with E-state index in [9.17, 15) is 0 Å². The van der Waals surface area contributed by atoms with Crippen LogP contribution in [0.1, 0.15) is 13.8 Å². The molecule has 6 heteroatoms. The van der Waals surface area contributed by atoms with E-state index >= 15 is 0 Å². The van der Waals surface area contributed by atoms with Gasteiger partial charge in [-0.15, -0.1) is 0 Å². The molecule has 1 N–H and O–H groups in total. The van der Waals surface area contributed by atoms with Crippen molar-refractivity contribution in [3.63, 3.8) is 0 Å². The third-order valence-electron chi connectivity index (χ3n) is 2.73. The normalized spacial score (nSPS) is 19.2. The number of nitrogens with one attached hydrogen (secondary N) is 1. The fraction of sp³-hybridized carbons (Fsp3) is 0.636. The van der Waals surface area contributed by atoms with Gasteiger partial charge in [0, 0.05) is 30.6 Å². The van der Waals surface area contributed by atoms with Crippen LogP contribution in [0.2, 0.25) is 0 Å². The highest BCUT2D eigenvalue weighted by Crippen LogP contribution is 2.35. The summed E-state index contributed by atoms with van der Waals surface area (Å²) in [5.41, 5.74) is 0. The zero-order valence-corrected chi connectivity index (χ0v) is 12.7. The summed E-state index contributed by atoms with van der Waals surface area (Å²) in [6.07, 6.45) is 1.61. The zero-order valence-electron chi connectivity index (χ0n) is 10.3. The third kappa shape index (κ3) is 2.85. The lowest BCUT2D eigenvalue weighted by Gasteiger charge is -2.38. The van der Waals surface area contributed by atoms with Crippen LogP contribution in [0.5, 0.6) is 0 Å². The standard InChI is InChI=1S/C11H17BrN4S/c1-11(2)6-16(4-5-17-11)10-8(12)9(13-3)14-7-15-10/h7H,4-6H2,1-3H3,(H,13,14,15). The molecule has 1 aliphatic heterocycles. The van der Waals surface area contributed by atoms with Gasteiger partial charge in [-0.3, -0.25) is 0 Å². The molecule has 0 aliphatic carbocycles. The largest absolute Gasteiger partial charge is 0.372 e. The van der Waals surface area contributed by atoms with Crippen LogP contribution in [-0.2, 0) is 0 Å². The molecular weight excluding hydrogens is 300 g/mol. The number of hydrogen-bond donors (Lipinski definition) is 1. The second kappa shape index (κ2) is 5.02. The minimum atomic E-state index is 0.280. The van der Waals surface area contributed by atoms with E-state index in [0.717, 1.165) is 35.0 Å². The molecule has 0 amide bonds. The molecule has 94 valence electrons. The van der Waals surface area contributed by atoms with E-state index in [0.29, 0.717) is 0 Å². The lowest BCUT2D eigenvalue weighted by Crippen LogP contribution is -2.43. The lowest BCUT2D eigenvalue weighted by atomic mass is 10.2. The summed E-state index contributed by atoms with van der Waals surface area (Å²) in [4.78, 5) is 10.9. The van der Waals surface area contributed by atoms with Gasteiger partial charge in [0.05, 0.1) is 0 Å². The molecule has 1 aromatic rings. The van der Waals surface area contributed by atoms with Gasteiger partial charge >= 0.3 is 0 Å². The molecule has 2 heterocycles. The van der Waals surface area contributed by atoms with Crippen molar-refractivity contribution in [1.82, 2.24) is 9.97 Å². The Kier molecular flexibility index (Phi) is 3.82. The van der Waals surface area contributed by atoms with Crippen LogP contribution < -0.4 is 10.2 Å². The van der Waals surface area contributed by atoms with Crippen LogP contribution in [-0.4, -0.2) is 40.6 Å². The van der Waals surface area contributed by atoms with Gasteiger partial charge in [-0.25, -0.2) is 9.97 Å².